The van der Waals surface area contributed by atoms with Gasteiger partial charge in [0.15, 0.2) is 11.5 Å². The van der Waals surface area contributed by atoms with Gasteiger partial charge in [0.1, 0.15) is 18.1 Å². The van der Waals surface area contributed by atoms with Gasteiger partial charge in [-0.05, 0) is 42.8 Å². The van der Waals surface area contributed by atoms with Crippen LogP contribution in [0.5, 0.6) is 23.0 Å². The molecule has 0 aliphatic carbocycles. The number of ether oxygens (including phenoxy) is 4. The molecule has 0 bridgehead atoms. The van der Waals surface area contributed by atoms with Crippen LogP contribution >= 0.6 is 0 Å². The Morgan fingerprint density at radius 3 is 2.20 bits per heavy atom. The molecule has 35 heavy (non-hydrogen) atoms. The first kappa shape index (κ1) is 25.1. The lowest BCUT2D eigenvalue weighted by Gasteiger charge is -2.12. The van der Waals surface area contributed by atoms with Crippen molar-refractivity contribution in [2.24, 2.45) is 5.10 Å². The zero-order valence-electron chi connectivity index (χ0n) is 20.0. The molecule has 3 aromatic rings. The molecule has 0 unspecified atom stereocenters. The maximum absolute atomic E-state index is 12.3. The quantitative estimate of drug-likeness (QED) is 0.276. The van der Waals surface area contributed by atoms with E-state index in [0.717, 1.165) is 5.56 Å². The first-order valence-corrected chi connectivity index (χ1v) is 10.7. The predicted molar refractivity (Wildman–Crippen MR) is 132 cm³/mol. The molecule has 182 valence electrons. The highest BCUT2D eigenvalue weighted by Gasteiger charge is 2.17. The number of benzene rings is 3. The molecule has 9 nitrogen and oxygen atoms in total. The summed E-state index contributed by atoms with van der Waals surface area (Å²) in [6.45, 7) is 2.09. The van der Waals surface area contributed by atoms with Crippen LogP contribution in [0, 0.1) is 0 Å². The topological polar surface area (TPSA) is 107 Å². The fraction of sp³-hybridized carbons (Fsp3) is 0.192. The van der Waals surface area contributed by atoms with Crippen LogP contribution in [0.3, 0.4) is 0 Å². The summed E-state index contributed by atoms with van der Waals surface area (Å²) in [5, 5.41) is 6.53. The van der Waals surface area contributed by atoms with Gasteiger partial charge in [-0.1, -0.05) is 30.3 Å². The molecule has 0 radical (unpaired) electrons. The number of rotatable bonds is 9. The first-order valence-electron chi connectivity index (χ1n) is 10.7. The van der Waals surface area contributed by atoms with Gasteiger partial charge in [0.25, 0.3) is 0 Å². The summed E-state index contributed by atoms with van der Waals surface area (Å²) in [7, 11) is 4.49. The maximum Gasteiger partial charge on any atom is 0.329 e. The van der Waals surface area contributed by atoms with Crippen LogP contribution in [-0.4, -0.2) is 38.9 Å². The number of hydrogen-bond donors (Lipinski definition) is 2. The van der Waals surface area contributed by atoms with Crippen molar-refractivity contribution < 1.29 is 28.5 Å². The Morgan fingerprint density at radius 1 is 0.800 bits per heavy atom. The van der Waals surface area contributed by atoms with Crippen molar-refractivity contribution in [1.82, 2.24) is 5.43 Å². The summed E-state index contributed by atoms with van der Waals surface area (Å²) >= 11 is 0. The minimum Gasteiger partial charge on any atom is -0.497 e. The van der Waals surface area contributed by atoms with E-state index < -0.39 is 11.8 Å². The van der Waals surface area contributed by atoms with Crippen LogP contribution in [0.1, 0.15) is 18.1 Å². The third-order valence-corrected chi connectivity index (χ3v) is 5.00. The Bertz CT molecular complexity index is 1210. The molecule has 9 heteroatoms. The number of anilines is 1. The second kappa shape index (κ2) is 12.1. The van der Waals surface area contributed by atoms with Gasteiger partial charge in [-0.2, -0.15) is 5.10 Å². The molecule has 3 aromatic carbocycles. The molecular formula is C26H27N3O6. The largest absolute Gasteiger partial charge is 0.497 e. The van der Waals surface area contributed by atoms with E-state index in [0.29, 0.717) is 46.6 Å². The highest BCUT2D eigenvalue weighted by Crippen LogP contribution is 2.30. The van der Waals surface area contributed by atoms with Gasteiger partial charge in [0.05, 0.1) is 32.7 Å². The second-order valence-corrected chi connectivity index (χ2v) is 7.30. The number of nitrogens with one attached hydrogen (secondary N) is 2. The highest BCUT2D eigenvalue weighted by molar-refractivity contribution is 6.39. The molecule has 0 aromatic heterocycles. The molecule has 0 fully saturated rings. The van der Waals surface area contributed by atoms with Crippen LogP contribution in [0.4, 0.5) is 5.69 Å². The zero-order valence-corrected chi connectivity index (χ0v) is 20.0. The smallest absolute Gasteiger partial charge is 0.329 e. The molecule has 2 N–H and O–H groups in total. The third-order valence-electron chi connectivity index (χ3n) is 5.00. The SMILES string of the molecule is COc1ccc(OC)c(NC(=O)C(=O)N/N=C(\C)c2ccc(OCc3ccccc3)c(OC)c2)c1. The zero-order chi connectivity index (χ0) is 25.2. The van der Waals surface area contributed by atoms with Gasteiger partial charge in [-0.3, -0.25) is 9.59 Å². The Morgan fingerprint density at radius 2 is 1.51 bits per heavy atom. The van der Waals surface area contributed by atoms with E-state index in [-0.39, 0.29) is 0 Å². The number of amides is 2. The molecular weight excluding hydrogens is 450 g/mol. The maximum atomic E-state index is 12.3. The van der Waals surface area contributed by atoms with E-state index in [1.165, 1.54) is 14.2 Å². The van der Waals surface area contributed by atoms with E-state index in [2.05, 4.69) is 15.8 Å². The van der Waals surface area contributed by atoms with Crippen LogP contribution in [0.2, 0.25) is 0 Å². The lowest BCUT2D eigenvalue weighted by molar-refractivity contribution is -0.136. The van der Waals surface area contributed by atoms with Gasteiger partial charge < -0.3 is 24.3 Å². The second-order valence-electron chi connectivity index (χ2n) is 7.30. The number of hydrazone groups is 1. The van der Waals surface area contributed by atoms with Crippen molar-refractivity contribution >= 4 is 23.2 Å². The van der Waals surface area contributed by atoms with Gasteiger partial charge >= 0.3 is 11.8 Å². The van der Waals surface area contributed by atoms with Gasteiger partial charge in [-0.15, -0.1) is 0 Å². The van der Waals surface area contributed by atoms with Crippen molar-refractivity contribution in [1.29, 1.82) is 0 Å². The van der Waals surface area contributed by atoms with Crippen molar-refractivity contribution in [2.45, 2.75) is 13.5 Å². The molecule has 0 aliphatic rings. The van der Waals surface area contributed by atoms with Gasteiger partial charge in [0, 0.05) is 11.6 Å². The summed E-state index contributed by atoms with van der Waals surface area (Å²) in [5.74, 6) is 0.124. The summed E-state index contributed by atoms with van der Waals surface area (Å²) in [6.07, 6.45) is 0. The monoisotopic (exact) mass is 477 g/mol. The third kappa shape index (κ3) is 6.73. The number of nitrogens with zero attached hydrogens (tertiary/aromatic N) is 1. The van der Waals surface area contributed by atoms with E-state index in [9.17, 15) is 9.59 Å². The van der Waals surface area contributed by atoms with Crippen molar-refractivity contribution in [3.63, 3.8) is 0 Å². The molecule has 0 saturated carbocycles. The Hall–Kier alpha value is -4.53. The molecule has 0 heterocycles. The fourth-order valence-corrected chi connectivity index (χ4v) is 3.09. The minimum absolute atomic E-state index is 0.295. The summed E-state index contributed by atoms with van der Waals surface area (Å²) in [4.78, 5) is 24.6. The summed E-state index contributed by atoms with van der Waals surface area (Å²) in [6, 6.07) is 19.9. The number of carbonyl (C=O) groups is 2. The Kier molecular flexibility index (Phi) is 8.66. The Balaban J connectivity index is 1.64. The number of methoxy groups -OCH3 is 3. The first-order chi connectivity index (χ1) is 16.9. The highest BCUT2D eigenvalue weighted by atomic mass is 16.5. The summed E-state index contributed by atoms with van der Waals surface area (Å²) < 4.78 is 21.7. The lowest BCUT2D eigenvalue weighted by atomic mass is 10.1. The molecule has 3 rings (SSSR count). The minimum atomic E-state index is -0.941. The van der Waals surface area contributed by atoms with E-state index in [4.69, 9.17) is 18.9 Å². The van der Waals surface area contributed by atoms with E-state index in [1.54, 1.807) is 50.4 Å². The molecule has 0 spiro atoms. The average molecular weight is 478 g/mol. The van der Waals surface area contributed by atoms with E-state index >= 15 is 0 Å². The van der Waals surface area contributed by atoms with Gasteiger partial charge in [-0.25, -0.2) is 5.43 Å². The van der Waals surface area contributed by atoms with Crippen LogP contribution < -0.4 is 29.7 Å². The standard InChI is InChI=1S/C26H27N3O6/c1-17(19-10-12-23(24(14-19)34-4)35-16-18-8-6-5-7-9-18)28-29-26(31)25(30)27-21-15-20(32-2)11-13-22(21)33-3/h5-15H,16H2,1-4H3,(H,27,30)(H,29,31)/b28-17+. The van der Waals surface area contributed by atoms with Crippen molar-refractivity contribution in [3.05, 3.63) is 77.9 Å². The van der Waals surface area contributed by atoms with Crippen molar-refractivity contribution in [2.75, 3.05) is 26.6 Å². The number of carbonyl (C=O) groups excluding carboxylic acids is 2. The predicted octanol–water partition coefficient (Wildman–Crippen LogP) is 3.77. The average Bonchev–Trinajstić information content (AvgIpc) is 2.90. The molecule has 0 aliphatic heterocycles. The van der Waals surface area contributed by atoms with Crippen LogP contribution in [-0.2, 0) is 16.2 Å². The van der Waals surface area contributed by atoms with Crippen molar-refractivity contribution in [3.8, 4) is 23.0 Å². The molecule has 2 amide bonds. The van der Waals surface area contributed by atoms with E-state index in [1.807, 2.05) is 30.3 Å². The van der Waals surface area contributed by atoms with Crippen LogP contribution in [0.25, 0.3) is 0 Å². The van der Waals surface area contributed by atoms with Gasteiger partial charge in [0.2, 0.25) is 0 Å². The summed E-state index contributed by atoms with van der Waals surface area (Å²) in [5.41, 5.74) is 4.74. The number of hydrogen-bond acceptors (Lipinski definition) is 7. The fourth-order valence-electron chi connectivity index (χ4n) is 3.09. The van der Waals surface area contributed by atoms with Crippen LogP contribution in [0.15, 0.2) is 71.8 Å². The normalized spacial score (nSPS) is 10.8. The molecule has 0 atom stereocenters. The lowest BCUT2D eigenvalue weighted by Crippen LogP contribution is -2.33. The molecule has 0 saturated heterocycles. The Labute approximate surface area is 203 Å².